The quantitative estimate of drug-likeness (QED) is 0.604. The maximum atomic E-state index is 12.6. The number of aromatic nitrogens is 1. The lowest BCUT2D eigenvalue weighted by molar-refractivity contribution is -0.125. The van der Waals surface area contributed by atoms with Crippen LogP contribution in [0.1, 0.15) is 13.8 Å². The molecule has 1 aliphatic rings. The van der Waals surface area contributed by atoms with E-state index in [-0.39, 0.29) is 12.5 Å². The summed E-state index contributed by atoms with van der Waals surface area (Å²) < 4.78 is 22.7. The van der Waals surface area contributed by atoms with Crippen molar-refractivity contribution >= 4 is 22.4 Å². The van der Waals surface area contributed by atoms with E-state index in [9.17, 15) is 4.79 Å². The van der Waals surface area contributed by atoms with Gasteiger partial charge in [-0.05, 0) is 44.2 Å². The van der Waals surface area contributed by atoms with Gasteiger partial charge in [0.1, 0.15) is 18.1 Å². The lowest BCUT2D eigenvalue weighted by Crippen LogP contribution is -2.40. The molecule has 156 valence electrons. The Morgan fingerprint density at radius 3 is 2.77 bits per heavy atom. The van der Waals surface area contributed by atoms with Gasteiger partial charge in [0.25, 0.3) is 5.91 Å². The summed E-state index contributed by atoms with van der Waals surface area (Å²) in [6.07, 6.45) is -0.743. The van der Waals surface area contributed by atoms with Gasteiger partial charge in [-0.3, -0.25) is 10.1 Å². The number of anilines is 1. The highest BCUT2D eigenvalue weighted by Crippen LogP contribution is 2.36. The first-order valence-electron chi connectivity index (χ1n) is 9.72. The fraction of sp³-hybridized carbons (Fsp3) is 0.273. The van der Waals surface area contributed by atoms with E-state index in [0.717, 1.165) is 11.3 Å². The molecular formula is C22H22N2O5S. The van der Waals surface area contributed by atoms with Crippen molar-refractivity contribution in [3.8, 4) is 34.3 Å². The van der Waals surface area contributed by atoms with Crippen LogP contribution in [0, 0.1) is 0 Å². The number of amides is 1. The predicted molar refractivity (Wildman–Crippen MR) is 115 cm³/mol. The molecule has 1 aliphatic heterocycles. The Hall–Kier alpha value is -3.26. The highest BCUT2D eigenvalue weighted by atomic mass is 32.1. The third kappa shape index (κ3) is 4.33. The first-order valence-corrected chi connectivity index (χ1v) is 10.6. The van der Waals surface area contributed by atoms with Gasteiger partial charge in [0, 0.05) is 10.9 Å². The molecule has 0 unspecified atom stereocenters. The summed E-state index contributed by atoms with van der Waals surface area (Å²) in [5.41, 5.74) is 1.51. The Kier molecular flexibility index (Phi) is 6.04. The number of carbonyl (C=O) groups is 1. The zero-order valence-corrected chi connectivity index (χ0v) is 17.5. The molecule has 2 aromatic carbocycles. The second-order valence-corrected chi connectivity index (χ2v) is 7.27. The minimum atomic E-state index is -0.743. The molecule has 30 heavy (non-hydrogen) atoms. The van der Waals surface area contributed by atoms with Crippen LogP contribution in [0.4, 0.5) is 5.13 Å². The normalized spacial score (nSPS) is 14.8. The van der Waals surface area contributed by atoms with Gasteiger partial charge in [-0.2, -0.15) is 0 Å². The third-order valence-corrected chi connectivity index (χ3v) is 5.13. The average Bonchev–Trinajstić information content (AvgIpc) is 3.23. The van der Waals surface area contributed by atoms with Crippen LogP contribution in [-0.4, -0.2) is 36.8 Å². The van der Waals surface area contributed by atoms with Gasteiger partial charge in [0.05, 0.1) is 18.9 Å². The Morgan fingerprint density at radius 2 is 1.97 bits per heavy atom. The second-order valence-electron chi connectivity index (χ2n) is 6.42. The molecule has 4 rings (SSSR count). The fourth-order valence-corrected chi connectivity index (χ4v) is 3.75. The smallest absolute Gasteiger partial charge is 0.270 e. The standard InChI is InChI=1S/C22H22N2O5S/c1-3-26-14-9-10-17(27-4-2)15(11-14)16-13-30-22(23-16)24-21(25)20-12-28-18-7-5-6-8-19(18)29-20/h5-11,13,20H,3-4,12H2,1-2H3,(H,23,24,25)/t20-/m1/s1. The minimum absolute atomic E-state index is 0.145. The molecule has 3 aromatic rings. The number of hydrogen-bond acceptors (Lipinski definition) is 7. The number of benzene rings is 2. The van der Waals surface area contributed by atoms with Crippen LogP contribution < -0.4 is 24.3 Å². The first-order chi connectivity index (χ1) is 14.7. The van der Waals surface area contributed by atoms with Crippen LogP contribution in [0.5, 0.6) is 23.0 Å². The number of para-hydroxylation sites is 2. The zero-order valence-electron chi connectivity index (χ0n) is 16.7. The summed E-state index contributed by atoms with van der Waals surface area (Å²) in [7, 11) is 0. The van der Waals surface area contributed by atoms with Crippen LogP contribution in [0.25, 0.3) is 11.3 Å². The molecule has 0 aliphatic carbocycles. The number of rotatable bonds is 7. The van der Waals surface area contributed by atoms with Gasteiger partial charge in [0.2, 0.25) is 6.10 Å². The third-order valence-electron chi connectivity index (χ3n) is 4.37. The molecule has 1 aromatic heterocycles. The van der Waals surface area contributed by atoms with Crippen LogP contribution in [-0.2, 0) is 4.79 Å². The summed E-state index contributed by atoms with van der Waals surface area (Å²) in [4.78, 5) is 17.2. The molecule has 0 spiro atoms. The van der Waals surface area contributed by atoms with Gasteiger partial charge in [-0.1, -0.05) is 12.1 Å². The number of fused-ring (bicyclic) bond motifs is 1. The minimum Gasteiger partial charge on any atom is -0.494 e. The predicted octanol–water partition coefficient (Wildman–Crippen LogP) is 4.39. The first kappa shape index (κ1) is 20.0. The maximum Gasteiger partial charge on any atom is 0.270 e. The highest BCUT2D eigenvalue weighted by molar-refractivity contribution is 7.14. The molecule has 1 N–H and O–H groups in total. The molecule has 0 bridgehead atoms. The van der Waals surface area contributed by atoms with Crippen LogP contribution >= 0.6 is 11.3 Å². The van der Waals surface area contributed by atoms with Crippen molar-refractivity contribution in [1.82, 2.24) is 4.98 Å². The van der Waals surface area contributed by atoms with E-state index < -0.39 is 6.10 Å². The second kappa shape index (κ2) is 9.04. The van der Waals surface area contributed by atoms with E-state index in [4.69, 9.17) is 18.9 Å². The molecular weight excluding hydrogens is 404 g/mol. The molecule has 0 fully saturated rings. The maximum absolute atomic E-state index is 12.6. The zero-order chi connectivity index (χ0) is 20.9. The molecule has 0 radical (unpaired) electrons. The van der Waals surface area contributed by atoms with Crippen LogP contribution in [0.15, 0.2) is 47.8 Å². The van der Waals surface area contributed by atoms with E-state index in [2.05, 4.69) is 10.3 Å². The summed E-state index contributed by atoms with van der Waals surface area (Å²) in [6, 6.07) is 12.9. The van der Waals surface area contributed by atoms with E-state index in [1.165, 1.54) is 11.3 Å². The molecule has 8 heteroatoms. The number of ether oxygens (including phenoxy) is 4. The Balaban J connectivity index is 1.49. The summed E-state index contributed by atoms with van der Waals surface area (Å²) in [5, 5.41) is 5.16. The van der Waals surface area contributed by atoms with Gasteiger partial charge >= 0.3 is 0 Å². The number of hydrogen-bond donors (Lipinski definition) is 1. The van der Waals surface area contributed by atoms with Crippen molar-refractivity contribution in [2.45, 2.75) is 20.0 Å². The molecule has 7 nitrogen and oxygen atoms in total. The summed E-state index contributed by atoms with van der Waals surface area (Å²) >= 11 is 1.33. The lowest BCUT2D eigenvalue weighted by atomic mass is 10.1. The fourth-order valence-electron chi connectivity index (χ4n) is 3.04. The summed E-state index contributed by atoms with van der Waals surface area (Å²) in [6.45, 7) is 5.11. The Bertz CT molecular complexity index is 1040. The van der Waals surface area contributed by atoms with Crippen LogP contribution in [0.3, 0.4) is 0 Å². The SMILES string of the molecule is CCOc1ccc(OCC)c(-c2csc(NC(=O)[C@H]3COc4ccccc4O3)n2)c1. The largest absolute Gasteiger partial charge is 0.494 e. The average molecular weight is 426 g/mol. The van der Waals surface area contributed by atoms with Gasteiger partial charge in [-0.15, -0.1) is 11.3 Å². The molecule has 1 atom stereocenters. The molecule has 2 heterocycles. The van der Waals surface area contributed by atoms with Crippen molar-refractivity contribution in [3.05, 3.63) is 47.8 Å². The van der Waals surface area contributed by atoms with Crippen molar-refractivity contribution in [2.75, 3.05) is 25.1 Å². The number of thiazole rings is 1. The molecule has 0 saturated carbocycles. The Morgan fingerprint density at radius 1 is 1.17 bits per heavy atom. The lowest BCUT2D eigenvalue weighted by Gasteiger charge is -2.25. The monoisotopic (exact) mass is 426 g/mol. The van der Waals surface area contributed by atoms with Gasteiger partial charge in [-0.25, -0.2) is 4.98 Å². The number of carbonyl (C=O) groups excluding carboxylic acids is 1. The molecule has 1 amide bonds. The van der Waals surface area contributed by atoms with Crippen molar-refractivity contribution in [2.24, 2.45) is 0 Å². The van der Waals surface area contributed by atoms with E-state index in [0.29, 0.717) is 41.3 Å². The summed E-state index contributed by atoms with van der Waals surface area (Å²) in [5.74, 6) is 2.33. The van der Waals surface area contributed by atoms with Crippen molar-refractivity contribution < 1.29 is 23.7 Å². The van der Waals surface area contributed by atoms with E-state index >= 15 is 0 Å². The van der Waals surface area contributed by atoms with Crippen molar-refractivity contribution in [1.29, 1.82) is 0 Å². The van der Waals surface area contributed by atoms with E-state index in [1.807, 2.05) is 55.6 Å². The van der Waals surface area contributed by atoms with Gasteiger partial charge < -0.3 is 18.9 Å². The van der Waals surface area contributed by atoms with E-state index in [1.54, 1.807) is 6.07 Å². The van der Waals surface area contributed by atoms with Gasteiger partial charge in [0.15, 0.2) is 16.6 Å². The molecule has 0 saturated heterocycles. The Labute approximate surface area is 178 Å². The number of nitrogens with zero attached hydrogens (tertiary/aromatic N) is 1. The highest BCUT2D eigenvalue weighted by Gasteiger charge is 2.28. The number of nitrogens with one attached hydrogen (secondary N) is 1. The van der Waals surface area contributed by atoms with Crippen LogP contribution in [0.2, 0.25) is 0 Å². The van der Waals surface area contributed by atoms with Crippen molar-refractivity contribution in [3.63, 3.8) is 0 Å². The topological polar surface area (TPSA) is 78.9 Å².